The Balaban J connectivity index is 1.70. The van der Waals surface area contributed by atoms with E-state index in [4.69, 9.17) is 15.6 Å². The van der Waals surface area contributed by atoms with E-state index in [2.05, 4.69) is 11.1 Å². The molecule has 2 aromatic heterocycles. The summed E-state index contributed by atoms with van der Waals surface area (Å²) in [6.07, 6.45) is 5.37. The molecule has 0 amide bonds. The van der Waals surface area contributed by atoms with Gasteiger partial charge in [0.1, 0.15) is 17.3 Å². The van der Waals surface area contributed by atoms with Crippen molar-refractivity contribution < 1.29 is 4.74 Å². The molecule has 0 fully saturated rings. The maximum Gasteiger partial charge on any atom is 0.224 e. The summed E-state index contributed by atoms with van der Waals surface area (Å²) in [5, 5.41) is 14.7. The van der Waals surface area contributed by atoms with Crippen molar-refractivity contribution in [3.8, 4) is 28.9 Å². The van der Waals surface area contributed by atoms with Gasteiger partial charge in [0.2, 0.25) is 11.8 Å². The molecule has 5 rings (SSSR count). The molecule has 1 aliphatic rings. The van der Waals surface area contributed by atoms with Gasteiger partial charge < -0.3 is 15.0 Å². The van der Waals surface area contributed by atoms with Gasteiger partial charge in [0.15, 0.2) is 0 Å². The lowest BCUT2D eigenvalue weighted by Gasteiger charge is -2.25. The highest BCUT2D eigenvalue weighted by Gasteiger charge is 2.37. The SMILES string of the molecule is CCn1nc(-c2ccccc2)c2c1OC(N)=C(C#N)C2c1ccc(-n2ccnc2)cc1. The van der Waals surface area contributed by atoms with Crippen molar-refractivity contribution in [1.29, 1.82) is 5.26 Å². The minimum Gasteiger partial charge on any atom is -0.422 e. The normalized spacial score (nSPS) is 15.3. The van der Waals surface area contributed by atoms with Crippen LogP contribution in [0.25, 0.3) is 16.9 Å². The monoisotopic (exact) mass is 408 g/mol. The van der Waals surface area contributed by atoms with E-state index in [-0.39, 0.29) is 11.8 Å². The number of ether oxygens (including phenoxy) is 1. The van der Waals surface area contributed by atoms with Crippen LogP contribution in [0.15, 0.2) is 84.8 Å². The van der Waals surface area contributed by atoms with Crippen molar-refractivity contribution in [2.75, 3.05) is 0 Å². The van der Waals surface area contributed by atoms with Crippen LogP contribution >= 0.6 is 0 Å². The summed E-state index contributed by atoms with van der Waals surface area (Å²) in [6, 6.07) is 20.2. The summed E-state index contributed by atoms with van der Waals surface area (Å²) in [5.41, 5.74) is 11.1. The second-order valence-electron chi connectivity index (χ2n) is 7.24. The van der Waals surface area contributed by atoms with E-state index < -0.39 is 0 Å². The molecule has 0 aliphatic carbocycles. The maximum atomic E-state index is 9.94. The van der Waals surface area contributed by atoms with E-state index in [1.807, 2.05) is 72.3 Å². The van der Waals surface area contributed by atoms with E-state index in [1.165, 1.54) is 0 Å². The van der Waals surface area contributed by atoms with Crippen molar-refractivity contribution in [3.05, 3.63) is 95.9 Å². The molecular formula is C24H20N6O. The van der Waals surface area contributed by atoms with Crippen LogP contribution in [0.1, 0.15) is 24.0 Å². The van der Waals surface area contributed by atoms with Gasteiger partial charge in [-0.15, -0.1) is 0 Å². The standard InChI is InChI=1S/C24H20N6O/c1-2-30-24-21(22(28-30)17-6-4-3-5-7-17)20(19(14-25)23(26)31-24)16-8-10-18(11-9-16)29-13-12-27-15-29/h3-13,15,20H,2,26H2,1H3. The second-order valence-corrected chi connectivity index (χ2v) is 7.24. The third-order valence-electron chi connectivity index (χ3n) is 5.49. The number of aromatic nitrogens is 4. The summed E-state index contributed by atoms with van der Waals surface area (Å²) in [6.45, 7) is 2.62. The van der Waals surface area contributed by atoms with E-state index in [0.717, 1.165) is 28.1 Å². The summed E-state index contributed by atoms with van der Waals surface area (Å²) in [4.78, 5) is 4.10. The highest BCUT2D eigenvalue weighted by molar-refractivity contribution is 5.71. The Bertz CT molecular complexity index is 1290. The Labute approximate surface area is 179 Å². The van der Waals surface area contributed by atoms with Crippen LogP contribution in [0.5, 0.6) is 5.88 Å². The molecule has 1 unspecified atom stereocenters. The van der Waals surface area contributed by atoms with Crippen LogP contribution < -0.4 is 10.5 Å². The minimum absolute atomic E-state index is 0.118. The van der Waals surface area contributed by atoms with Gasteiger partial charge in [-0.3, -0.25) is 0 Å². The highest BCUT2D eigenvalue weighted by atomic mass is 16.5. The number of nitriles is 1. The lowest BCUT2D eigenvalue weighted by molar-refractivity contribution is 0.350. The minimum atomic E-state index is -0.374. The van der Waals surface area contributed by atoms with Gasteiger partial charge >= 0.3 is 0 Å². The maximum absolute atomic E-state index is 9.94. The average molecular weight is 408 g/mol. The van der Waals surface area contributed by atoms with Gasteiger partial charge in [-0.25, -0.2) is 9.67 Å². The Morgan fingerprint density at radius 2 is 1.90 bits per heavy atom. The van der Waals surface area contributed by atoms with Crippen LogP contribution in [-0.4, -0.2) is 19.3 Å². The zero-order valence-corrected chi connectivity index (χ0v) is 16.9. The average Bonchev–Trinajstić information content (AvgIpc) is 3.47. The van der Waals surface area contributed by atoms with Gasteiger partial charge in [-0.1, -0.05) is 42.5 Å². The van der Waals surface area contributed by atoms with Gasteiger partial charge in [0.05, 0.1) is 17.8 Å². The van der Waals surface area contributed by atoms with E-state index in [9.17, 15) is 5.26 Å². The molecule has 1 aliphatic heterocycles. The predicted molar refractivity (Wildman–Crippen MR) is 116 cm³/mol. The predicted octanol–water partition coefficient (Wildman–Crippen LogP) is 3.97. The smallest absolute Gasteiger partial charge is 0.224 e. The zero-order chi connectivity index (χ0) is 21.4. The van der Waals surface area contributed by atoms with Gasteiger partial charge in [-0.05, 0) is 24.6 Å². The van der Waals surface area contributed by atoms with Crippen LogP contribution in [0.3, 0.4) is 0 Å². The Morgan fingerprint density at radius 3 is 2.55 bits per heavy atom. The summed E-state index contributed by atoms with van der Waals surface area (Å²) < 4.78 is 9.64. The number of hydrogen-bond acceptors (Lipinski definition) is 5. The highest BCUT2D eigenvalue weighted by Crippen LogP contribution is 2.46. The van der Waals surface area contributed by atoms with Gasteiger partial charge in [0, 0.05) is 30.2 Å². The summed E-state index contributed by atoms with van der Waals surface area (Å²) >= 11 is 0. The molecule has 0 spiro atoms. The van der Waals surface area contributed by atoms with E-state index >= 15 is 0 Å². The molecule has 0 bridgehead atoms. The Hall–Kier alpha value is -4.31. The third-order valence-corrected chi connectivity index (χ3v) is 5.49. The lowest BCUT2D eigenvalue weighted by Crippen LogP contribution is -2.22. The third kappa shape index (κ3) is 3.06. The first-order valence-electron chi connectivity index (χ1n) is 10.0. The Kier molecular flexibility index (Phi) is 4.53. The van der Waals surface area contributed by atoms with Crippen LogP contribution in [-0.2, 0) is 6.54 Å². The number of fused-ring (bicyclic) bond motifs is 1. The number of hydrogen-bond donors (Lipinski definition) is 1. The summed E-state index contributed by atoms with van der Waals surface area (Å²) in [5.74, 6) is 0.329. The molecule has 7 nitrogen and oxygen atoms in total. The van der Waals surface area contributed by atoms with Crippen LogP contribution in [0.4, 0.5) is 0 Å². The lowest BCUT2D eigenvalue weighted by atomic mass is 9.83. The fourth-order valence-electron chi connectivity index (χ4n) is 4.00. The van der Waals surface area contributed by atoms with Crippen LogP contribution in [0, 0.1) is 11.3 Å². The quantitative estimate of drug-likeness (QED) is 0.551. The fourth-order valence-corrected chi connectivity index (χ4v) is 4.00. The molecule has 0 saturated heterocycles. The molecule has 0 saturated carbocycles. The zero-order valence-electron chi connectivity index (χ0n) is 16.9. The molecule has 7 heteroatoms. The largest absolute Gasteiger partial charge is 0.422 e. The second kappa shape index (κ2) is 7.50. The number of imidazole rings is 1. The molecular weight excluding hydrogens is 388 g/mol. The number of rotatable bonds is 4. The molecule has 3 heterocycles. The van der Waals surface area contributed by atoms with Crippen molar-refractivity contribution in [3.63, 3.8) is 0 Å². The summed E-state index contributed by atoms with van der Waals surface area (Å²) in [7, 11) is 0. The number of allylic oxidation sites excluding steroid dienone is 1. The Morgan fingerprint density at radius 1 is 1.13 bits per heavy atom. The van der Waals surface area contributed by atoms with Crippen molar-refractivity contribution >= 4 is 0 Å². The molecule has 4 aromatic rings. The number of nitrogens with two attached hydrogens (primary N) is 1. The van der Waals surface area contributed by atoms with Crippen molar-refractivity contribution in [2.45, 2.75) is 19.4 Å². The van der Waals surface area contributed by atoms with Gasteiger partial charge in [0.25, 0.3) is 0 Å². The van der Waals surface area contributed by atoms with Crippen LogP contribution in [0.2, 0.25) is 0 Å². The molecule has 152 valence electrons. The number of aryl methyl sites for hydroxylation is 1. The first kappa shape index (κ1) is 18.7. The molecule has 2 N–H and O–H groups in total. The molecule has 0 radical (unpaired) electrons. The van der Waals surface area contributed by atoms with Crippen molar-refractivity contribution in [1.82, 2.24) is 19.3 Å². The van der Waals surface area contributed by atoms with E-state index in [0.29, 0.717) is 18.0 Å². The van der Waals surface area contributed by atoms with E-state index in [1.54, 1.807) is 17.2 Å². The molecule has 2 aromatic carbocycles. The molecule has 1 atom stereocenters. The molecule has 31 heavy (non-hydrogen) atoms. The first-order valence-corrected chi connectivity index (χ1v) is 10.0. The topological polar surface area (TPSA) is 94.7 Å². The first-order chi connectivity index (χ1) is 15.2. The van der Waals surface area contributed by atoms with Crippen molar-refractivity contribution in [2.24, 2.45) is 5.73 Å². The fraction of sp³-hybridized carbons (Fsp3) is 0.125. The van der Waals surface area contributed by atoms with Gasteiger partial charge in [-0.2, -0.15) is 10.4 Å². The number of nitrogens with zero attached hydrogens (tertiary/aromatic N) is 5. The number of benzene rings is 2.